The number of nitrogens with one attached hydrogen (secondary N) is 2. The molecule has 0 spiro atoms. The molecule has 32 heavy (non-hydrogen) atoms. The Morgan fingerprint density at radius 1 is 1.06 bits per heavy atom. The highest BCUT2D eigenvalue weighted by Gasteiger charge is 2.27. The molecule has 8 heteroatoms. The van der Waals surface area contributed by atoms with Crippen LogP contribution < -0.4 is 15.5 Å². The molecule has 0 radical (unpaired) electrons. The number of nitrogens with zero attached hydrogens (tertiary/aromatic N) is 2. The van der Waals surface area contributed by atoms with Crippen molar-refractivity contribution in [1.82, 2.24) is 10.2 Å². The Labute approximate surface area is 192 Å². The number of rotatable bonds is 8. The van der Waals surface area contributed by atoms with Crippen LogP contribution >= 0.6 is 11.3 Å². The van der Waals surface area contributed by atoms with E-state index in [1.807, 2.05) is 35.7 Å². The molecule has 2 aliphatic rings. The van der Waals surface area contributed by atoms with Crippen LogP contribution in [0, 0.1) is 5.92 Å². The first-order valence-electron chi connectivity index (χ1n) is 11.3. The van der Waals surface area contributed by atoms with E-state index in [1.165, 1.54) is 4.88 Å². The lowest BCUT2D eigenvalue weighted by Gasteiger charge is -2.31. The van der Waals surface area contributed by atoms with Gasteiger partial charge in [0.2, 0.25) is 17.7 Å². The summed E-state index contributed by atoms with van der Waals surface area (Å²) in [5, 5.41) is 8.08. The minimum Gasteiger partial charge on any atom is -0.355 e. The number of carbonyl (C=O) groups is 3. The molecule has 170 valence electrons. The van der Waals surface area contributed by atoms with Gasteiger partial charge in [-0.3, -0.25) is 19.3 Å². The highest BCUT2D eigenvalue weighted by Crippen LogP contribution is 2.29. The van der Waals surface area contributed by atoms with E-state index in [1.54, 1.807) is 16.2 Å². The minimum absolute atomic E-state index is 0.0135. The third-order valence-corrected chi connectivity index (χ3v) is 7.05. The average molecular weight is 455 g/mol. The predicted octanol–water partition coefficient (Wildman–Crippen LogP) is 2.88. The second-order valence-corrected chi connectivity index (χ2v) is 9.42. The van der Waals surface area contributed by atoms with Gasteiger partial charge in [-0.2, -0.15) is 0 Å². The summed E-state index contributed by atoms with van der Waals surface area (Å²) < 4.78 is 0. The Morgan fingerprint density at radius 3 is 2.59 bits per heavy atom. The number of hydrogen-bond donors (Lipinski definition) is 2. The van der Waals surface area contributed by atoms with Gasteiger partial charge < -0.3 is 15.5 Å². The molecule has 2 fully saturated rings. The van der Waals surface area contributed by atoms with Crippen LogP contribution in [0.4, 0.5) is 11.4 Å². The number of amides is 3. The Kier molecular flexibility index (Phi) is 7.55. The van der Waals surface area contributed by atoms with E-state index in [2.05, 4.69) is 21.6 Å². The highest BCUT2D eigenvalue weighted by atomic mass is 32.1. The van der Waals surface area contributed by atoms with Gasteiger partial charge >= 0.3 is 0 Å². The first-order chi connectivity index (χ1) is 15.6. The molecule has 7 nitrogen and oxygen atoms in total. The van der Waals surface area contributed by atoms with Crippen molar-refractivity contribution in [3.05, 3.63) is 46.7 Å². The molecule has 0 saturated carbocycles. The zero-order chi connectivity index (χ0) is 22.3. The molecule has 2 aliphatic heterocycles. The summed E-state index contributed by atoms with van der Waals surface area (Å²) in [4.78, 5) is 42.3. The second kappa shape index (κ2) is 10.7. The molecule has 1 aromatic heterocycles. The lowest BCUT2D eigenvalue weighted by Crippen LogP contribution is -2.43. The fourth-order valence-electron chi connectivity index (χ4n) is 4.37. The molecule has 2 saturated heterocycles. The molecule has 2 N–H and O–H groups in total. The topological polar surface area (TPSA) is 81.8 Å². The van der Waals surface area contributed by atoms with E-state index in [9.17, 15) is 14.4 Å². The van der Waals surface area contributed by atoms with Gasteiger partial charge in [0.15, 0.2) is 0 Å². The number of carbonyl (C=O) groups excluding carboxylic acids is 3. The molecular formula is C24H30N4O3S. The van der Waals surface area contributed by atoms with E-state index in [0.29, 0.717) is 25.2 Å². The van der Waals surface area contributed by atoms with Gasteiger partial charge in [-0.1, -0.05) is 18.2 Å². The van der Waals surface area contributed by atoms with Crippen molar-refractivity contribution < 1.29 is 14.4 Å². The zero-order valence-electron chi connectivity index (χ0n) is 18.2. The molecule has 0 bridgehead atoms. The first kappa shape index (κ1) is 22.5. The van der Waals surface area contributed by atoms with Gasteiger partial charge in [0, 0.05) is 30.3 Å². The normalized spacial score (nSPS) is 17.5. The summed E-state index contributed by atoms with van der Waals surface area (Å²) >= 11 is 1.71. The predicted molar refractivity (Wildman–Crippen MR) is 127 cm³/mol. The standard InChI is InChI=1S/C24H30N4O3S/c29-22(26-20-6-1-2-7-21(20)28-13-3-8-23(28)30)17-27-14-10-18(11-15-27)24(31)25-12-9-19-5-4-16-32-19/h1-2,4-7,16,18H,3,8-15,17H2,(H,25,31)(H,26,29). The van der Waals surface area contributed by atoms with E-state index < -0.39 is 0 Å². The van der Waals surface area contributed by atoms with E-state index >= 15 is 0 Å². The van der Waals surface area contributed by atoms with Crippen molar-refractivity contribution in [2.24, 2.45) is 5.92 Å². The lowest BCUT2D eigenvalue weighted by molar-refractivity contribution is -0.126. The van der Waals surface area contributed by atoms with Crippen LogP contribution in [-0.2, 0) is 20.8 Å². The molecule has 0 unspecified atom stereocenters. The number of thiophene rings is 1. The van der Waals surface area contributed by atoms with Crippen LogP contribution in [0.15, 0.2) is 41.8 Å². The quantitative estimate of drug-likeness (QED) is 0.643. The minimum atomic E-state index is -0.0945. The van der Waals surface area contributed by atoms with Crippen LogP contribution in [0.5, 0.6) is 0 Å². The molecule has 3 amide bonds. The summed E-state index contributed by atoms with van der Waals surface area (Å²) in [6.07, 6.45) is 3.79. The lowest BCUT2D eigenvalue weighted by atomic mass is 9.96. The Morgan fingerprint density at radius 2 is 1.88 bits per heavy atom. The zero-order valence-corrected chi connectivity index (χ0v) is 19.0. The van der Waals surface area contributed by atoms with E-state index in [0.717, 1.165) is 44.5 Å². The summed E-state index contributed by atoms with van der Waals surface area (Å²) in [6.45, 7) is 3.09. The number of likely N-dealkylation sites (tertiary alicyclic amines) is 1. The van der Waals surface area contributed by atoms with Crippen molar-refractivity contribution in [2.75, 3.05) is 42.9 Å². The first-order valence-corrected chi connectivity index (χ1v) is 12.2. The van der Waals surface area contributed by atoms with Gasteiger partial charge in [-0.25, -0.2) is 0 Å². The molecular weight excluding hydrogens is 424 g/mol. The third-order valence-electron chi connectivity index (χ3n) is 6.12. The number of benzene rings is 1. The van der Waals surface area contributed by atoms with Crippen molar-refractivity contribution >= 4 is 40.4 Å². The number of para-hydroxylation sites is 2. The summed E-state index contributed by atoms with van der Waals surface area (Å²) in [5.74, 6) is 0.139. The van der Waals surface area contributed by atoms with Crippen molar-refractivity contribution in [3.8, 4) is 0 Å². The van der Waals surface area contributed by atoms with Gasteiger partial charge in [0.1, 0.15) is 0 Å². The van der Waals surface area contributed by atoms with Gasteiger partial charge in [0.05, 0.1) is 17.9 Å². The maximum absolute atomic E-state index is 12.7. The fraction of sp³-hybridized carbons (Fsp3) is 0.458. The molecule has 0 atom stereocenters. The number of piperidine rings is 1. The summed E-state index contributed by atoms with van der Waals surface area (Å²) in [5.41, 5.74) is 1.44. The van der Waals surface area contributed by atoms with Crippen LogP contribution in [0.25, 0.3) is 0 Å². The number of hydrogen-bond acceptors (Lipinski definition) is 5. The summed E-state index contributed by atoms with van der Waals surface area (Å²) in [6, 6.07) is 11.6. The van der Waals surface area contributed by atoms with Crippen LogP contribution in [-0.4, -0.2) is 55.3 Å². The maximum Gasteiger partial charge on any atom is 0.238 e. The van der Waals surface area contributed by atoms with Crippen molar-refractivity contribution in [3.63, 3.8) is 0 Å². The molecule has 1 aromatic carbocycles. The van der Waals surface area contributed by atoms with E-state index in [-0.39, 0.29) is 30.2 Å². The monoisotopic (exact) mass is 454 g/mol. The number of anilines is 2. The Bertz CT molecular complexity index is 938. The highest BCUT2D eigenvalue weighted by molar-refractivity contribution is 7.09. The van der Waals surface area contributed by atoms with Gasteiger partial charge in [0.25, 0.3) is 0 Å². The maximum atomic E-state index is 12.7. The van der Waals surface area contributed by atoms with E-state index in [4.69, 9.17) is 0 Å². The Balaban J connectivity index is 1.21. The smallest absolute Gasteiger partial charge is 0.238 e. The molecule has 2 aromatic rings. The van der Waals surface area contributed by atoms with Crippen LogP contribution in [0.1, 0.15) is 30.6 Å². The summed E-state index contributed by atoms with van der Waals surface area (Å²) in [7, 11) is 0. The van der Waals surface area contributed by atoms with Crippen LogP contribution in [0.3, 0.4) is 0 Å². The van der Waals surface area contributed by atoms with Crippen molar-refractivity contribution in [1.29, 1.82) is 0 Å². The third kappa shape index (κ3) is 5.75. The molecule has 3 heterocycles. The largest absolute Gasteiger partial charge is 0.355 e. The van der Waals surface area contributed by atoms with Crippen LogP contribution in [0.2, 0.25) is 0 Å². The van der Waals surface area contributed by atoms with Crippen molar-refractivity contribution in [2.45, 2.75) is 32.1 Å². The Hall–Kier alpha value is -2.71. The molecule has 4 rings (SSSR count). The SMILES string of the molecule is O=C(CN1CCC(C(=O)NCCc2cccs2)CC1)Nc1ccccc1N1CCCC1=O. The second-order valence-electron chi connectivity index (χ2n) is 8.39. The van der Waals surface area contributed by atoms with Gasteiger partial charge in [-0.05, 0) is 62.4 Å². The average Bonchev–Trinajstić information content (AvgIpc) is 3.46. The van der Waals surface area contributed by atoms with Gasteiger partial charge in [-0.15, -0.1) is 11.3 Å². The molecule has 0 aliphatic carbocycles. The fourth-order valence-corrected chi connectivity index (χ4v) is 5.08.